The fourth-order valence-corrected chi connectivity index (χ4v) is 2.25. The molecule has 0 fully saturated rings. The Morgan fingerprint density at radius 1 is 1.26 bits per heavy atom. The molecule has 2 unspecified atom stereocenters. The minimum Gasteiger partial charge on any atom is -0.383 e. The van der Waals surface area contributed by atoms with E-state index in [4.69, 9.17) is 4.74 Å². The quantitative estimate of drug-likeness (QED) is 0.694. The highest BCUT2D eigenvalue weighted by Gasteiger charge is 2.20. The van der Waals surface area contributed by atoms with Crippen LogP contribution in [0.25, 0.3) is 0 Å². The largest absolute Gasteiger partial charge is 0.383 e. The third kappa shape index (κ3) is 5.31. The summed E-state index contributed by atoms with van der Waals surface area (Å²) in [6.45, 7) is 7.20. The van der Waals surface area contributed by atoms with Gasteiger partial charge >= 0.3 is 0 Å². The lowest BCUT2D eigenvalue weighted by Crippen LogP contribution is -2.40. The molecule has 0 aromatic heterocycles. The molecule has 0 radical (unpaired) electrons. The SMILES string of the molecule is CCCNCC(c1ccccc1)N(C)C(C)COC. The monoisotopic (exact) mass is 264 g/mol. The van der Waals surface area contributed by atoms with E-state index in [1.54, 1.807) is 7.11 Å². The van der Waals surface area contributed by atoms with Gasteiger partial charge in [-0.1, -0.05) is 37.3 Å². The first-order valence-electron chi connectivity index (χ1n) is 7.17. The van der Waals surface area contributed by atoms with Gasteiger partial charge in [-0.25, -0.2) is 0 Å². The Bertz CT molecular complexity index is 329. The van der Waals surface area contributed by atoms with Crippen LogP contribution in [0.15, 0.2) is 30.3 Å². The minimum atomic E-state index is 0.387. The number of methoxy groups -OCH3 is 1. The van der Waals surface area contributed by atoms with Gasteiger partial charge in [-0.3, -0.25) is 4.90 Å². The van der Waals surface area contributed by atoms with Crippen LogP contribution in [0.4, 0.5) is 0 Å². The first-order chi connectivity index (χ1) is 9.20. The number of nitrogens with zero attached hydrogens (tertiary/aromatic N) is 1. The number of benzene rings is 1. The van der Waals surface area contributed by atoms with Crippen LogP contribution in [-0.4, -0.2) is 44.8 Å². The standard InChI is InChI=1S/C16H28N2O/c1-5-11-17-12-16(15-9-7-6-8-10-15)18(3)14(2)13-19-4/h6-10,14,16-17H,5,11-13H2,1-4H3. The maximum atomic E-state index is 5.27. The summed E-state index contributed by atoms with van der Waals surface area (Å²) in [7, 11) is 3.94. The highest BCUT2D eigenvalue weighted by atomic mass is 16.5. The number of ether oxygens (including phenoxy) is 1. The summed E-state index contributed by atoms with van der Waals surface area (Å²) in [6.07, 6.45) is 1.17. The van der Waals surface area contributed by atoms with E-state index in [-0.39, 0.29) is 0 Å². The van der Waals surface area contributed by atoms with Crippen LogP contribution in [0, 0.1) is 0 Å². The molecule has 0 saturated carbocycles. The summed E-state index contributed by atoms with van der Waals surface area (Å²) in [5.41, 5.74) is 1.36. The second kappa shape index (κ2) is 9.08. The molecule has 3 nitrogen and oxygen atoms in total. The van der Waals surface area contributed by atoms with Crippen molar-refractivity contribution in [1.82, 2.24) is 10.2 Å². The number of likely N-dealkylation sites (N-methyl/N-ethyl adjacent to an activating group) is 1. The van der Waals surface area contributed by atoms with Gasteiger partial charge in [0.25, 0.3) is 0 Å². The molecule has 108 valence electrons. The Morgan fingerprint density at radius 3 is 2.53 bits per heavy atom. The zero-order valence-electron chi connectivity index (χ0n) is 12.7. The van der Waals surface area contributed by atoms with Gasteiger partial charge in [0.15, 0.2) is 0 Å². The molecule has 3 heteroatoms. The molecule has 19 heavy (non-hydrogen) atoms. The van der Waals surface area contributed by atoms with Crippen LogP contribution in [0.1, 0.15) is 31.9 Å². The van der Waals surface area contributed by atoms with Crippen LogP contribution >= 0.6 is 0 Å². The van der Waals surface area contributed by atoms with Crippen molar-refractivity contribution in [1.29, 1.82) is 0 Å². The maximum absolute atomic E-state index is 5.27. The predicted molar refractivity (Wildman–Crippen MR) is 81.4 cm³/mol. The first kappa shape index (κ1) is 16.2. The van der Waals surface area contributed by atoms with Crippen molar-refractivity contribution < 1.29 is 4.74 Å². The molecule has 0 heterocycles. The summed E-state index contributed by atoms with van der Waals surface area (Å²) >= 11 is 0. The smallest absolute Gasteiger partial charge is 0.0615 e. The summed E-state index contributed by atoms with van der Waals surface area (Å²) in [4.78, 5) is 2.39. The molecule has 0 amide bonds. The topological polar surface area (TPSA) is 24.5 Å². The average molecular weight is 264 g/mol. The van der Waals surface area contributed by atoms with Crippen molar-refractivity contribution in [2.75, 3.05) is 33.9 Å². The lowest BCUT2D eigenvalue weighted by Gasteiger charge is -2.33. The maximum Gasteiger partial charge on any atom is 0.0615 e. The van der Waals surface area contributed by atoms with Gasteiger partial charge in [-0.2, -0.15) is 0 Å². The van der Waals surface area contributed by atoms with E-state index in [1.807, 2.05) is 0 Å². The summed E-state index contributed by atoms with van der Waals surface area (Å²) in [5.74, 6) is 0. The van der Waals surface area contributed by atoms with Gasteiger partial charge in [0, 0.05) is 25.7 Å². The molecular formula is C16H28N2O. The summed E-state index contributed by atoms with van der Waals surface area (Å²) in [6, 6.07) is 11.5. The Labute approximate surface area is 118 Å². The zero-order valence-corrected chi connectivity index (χ0v) is 12.7. The van der Waals surface area contributed by atoms with Crippen molar-refractivity contribution in [2.45, 2.75) is 32.4 Å². The molecule has 1 aromatic carbocycles. The molecule has 1 aromatic rings. The van der Waals surface area contributed by atoms with Gasteiger partial charge in [-0.15, -0.1) is 0 Å². The van der Waals surface area contributed by atoms with E-state index in [9.17, 15) is 0 Å². The van der Waals surface area contributed by atoms with Crippen LogP contribution in [0.3, 0.4) is 0 Å². The van der Waals surface area contributed by atoms with Gasteiger partial charge in [0.2, 0.25) is 0 Å². The van der Waals surface area contributed by atoms with Gasteiger partial charge in [-0.05, 0) is 32.5 Å². The lowest BCUT2D eigenvalue weighted by molar-refractivity contribution is 0.0884. The third-order valence-electron chi connectivity index (χ3n) is 3.54. The second-order valence-corrected chi connectivity index (χ2v) is 5.10. The van der Waals surface area contributed by atoms with Crippen molar-refractivity contribution in [2.24, 2.45) is 0 Å². The third-order valence-corrected chi connectivity index (χ3v) is 3.54. The average Bonchev–Trinajstić information content (AvgIpc) is 2.44. The van der Waals surface area contributed by atoms with E-state index in [1.165, 1.54) is 12.0 Å². The Morgan fingerprint density at radius 2 is 1.95 bits per heavy atom. The fraction of sp³-hybridized carbons (Fsp3) is 0.625. The highest BCUT2D eigenvalue weighted by molar-refractivity contribution is 5.19. The van der Waals surface area contributed by atoms with Crippen molar-refractivity contribution in [3.8, 4) is 0 Å². The molecule has 0 aliphatic carbocycles. The van der Waals surface area contributed by atoms with Gasteiger partial charge < -0.3 is 10.1 Å². The van der Waals surface area contributed by atoms with E-state index in [0.717, 1.165) is 19.7 Å². The normalized spacial score (nSPS) is 14.6. The Balaban J connectivity index is 2.74. The Kier molecular flexibility index (Phi) is 7.72. The molecular weight excluding hydrogens is 236 g/mol. The summed E-state index contributed by atoms with van der Waals surface area (Å²) in [5, 5.41) is 3.53. The van der Waals surface area contributed by atoms with Crippen molar-refractivity contribution in [3.63, 3.8) is 0 Å². The molecule has 0 aliphatic heterocycles. The van der Waals surface area contributed by atoms with Crippen LogP contribution in [-0.2, 0) is 4.74 Å². The zero-order chi connectivity index (χ0) is 14.1. The minimum absolute atomic E-state index is 0.387. The number of nitrogens with one attached hydrogen (secondary N) is 1. The molecule has 2 atom stereocenters. The van der Waals surface area contributed by atoms with Crippen LogP contribution in [0.2, 0.25) is 0 Å². The van der Waals surface area contributed by atoms with Crippen molar-refractivity contribution in [3.05, 3.63) is 35.9 Å². The van der Waals surface area contributed by atoms with Gasteiger partial charge in [0.1, 0.15) is 0 Å². The van der Waals surface area contributed by atoms with E-state index >= 15 is 0 Å². The first-order valence-corrected chi connectivity index (χ1v) is 7.17. The van der Waals surface area contributed by atoms with Gasteiger partial charge in [0.05, 0.1) is 6.61 Å². The van der Waals surface area contributed by atoms with E-state index < -0.39 is 0 Å². The molecule has 0 spiro atoms. The number of hydrogen-bond acceptors (Lipinski definition) is 3. The number of hydrogen-bond donors (Lipinski definition) is 1. The molecule has 1 N–H and O–H groups in total. The molecule has 1 rings (SSSR count). The fourth-order valence-electron chi connectivity index (χ4n) is 2.25. The molecule has 0 saturated heterocycles. The van der Waals surface area contributed by atoms with E-state index in [0.29, 0.717) is 12.1 Å². The van der Waals surface area contributed by atoms with Crippen LogP contribution in [0.5, 0.6) is 0 Å². The highest BCUT2D eigenvalue weighted by Crippen LogP contribution is 2.20. The van der Waals surface area contributed by atoms with Crippen molar-refractivity contribution >= 4 is 0 Å². The molecule has 0 aliphatic rings. The predicted octanol–water partition coefficient (Wildman–Crippen LogP) is 2.69. The number of rotatable bonds is 9. The van der Waals surface area contributed by atoms with E-state index in [2.05, 4.69) is 61.4 Å². The second-order valence-electron chi connectivity index (χ2n) is 5.10. The summed E-state index contributed by atoms with van der Waals surface area (Å²) < 4.78 is 5.27. The van der Waals surface area contributed by atoms with Crippen LogP contribution < -0.4 is 5.32 Å². The Hall–Kier alpha value is -0.900. The lowest BCUT2D eigenvalue weighted by atomic mass is 10.0. The molecule has 0 bridgehead atoms.